The number of nitrogens with one attached hydrogen (secondary N) is 3. The number of benzene rings is 1. The van der Waals surface area contributed by atoms with E-state index in [4.69, 9.17) is 9.47 Å². The monoisotopic (exact) mass is 596 g/mol. The number of likely N-dealkylation sites (tertiary alicyclic amines) is 1. The lowest BCUT2D eigenvalue weighted by molar-refractivity contribution is -0.140. The topological polar surface area (TPSA) is 135 Å². The molecule has 2 saturated heterocycles. The van der Waals surface area contributed by atoms with Gasteiger partial charge in [-0.25, -0.2) is 0 Å². The fourth-order valence-corrected chi connectivity index (χ4v) is 6.78. The number of carbonyl (C=O) groups is 3. The van der Waals surface area contributed by atoms with Crippen LogP contribution in [0.4, 0.5) is 5.13 Å². The van der Waals surface area contributed by atoms with Crippen molar-refractivity contribution in [2.75, 3.05) is 45.3 Å². The highest BCUT2D eigenvalue weighted by molar-refractivity contribution is 7.15. The van der Waals surface area contributed by atoms with Crippen molar-refractivity contribution in [1.82, 2.24) is 25.7 Å². The van der Waals surface area contributed by atoms with Gasteiger partial charge in [0.25, 0.3) is 0 Å². The summed E-state index contributed by atoms with van der Waals surface area (Å²) in [5.41, 5.74) is 0.403. The Labute approximate surface area is 250 Å². The van der Waals surface area contributed by atoms with E-state index in [0.29, 0.717) is 75.2 Å². The molecule has 0 unspecified atom stereocenters. The third kappa shape index (κ3) is 7.80. The highest BCUT2D eigenvalue weighted by Crippen LogP contribution is 2.36. The first-order valence-corrected chi connectivity index (χ1v) is 15.5. The summed E-state index contributed by atoms with van der Waals surface area (Å²) in [5, 5.41) is 18.5. The van der Waals surface area contributed by atoms with Gasteiger partial charge in [0.2, 0.25) is 22.9 Å². The molecule has 3 N–H and O–H groups in total. The summed E-state index contributed by atoms with van der Waals surface area (Å²) in [4.78, 5) is 42.4. The molecule has 11 nitrogen and oxygen atoms in total. The van der Waals surface area contributed by atoms with E-state index in [-0.39, 0.29) is 36.2 Å². The van der Waals surface area contributed by atoms with E-state index in [0.717, 1.165) is 12.0 Å². The van der Waals surface area contributed by atoms with E-state index in [2.05, 4.69) is 43.2 Å². The maximum absolute atomic E-state index is 13.8. The van der Waals surface area contributed by atoms with Gasteiger partial charge in [0.15, 0.2) is 0 Å². The zero-order chi connectivity index (χ0) is 29.4. The molecule has 3 atom stereocenters. The van der Waals surface area contributed by atoms with Crippen molar-refractivity contribution in [2.24, 2.45) is 11.3 Å². The van der Waals surface area contributed by atoms with E-state index < -0.39 is 11.5 Å². The lowest BCUT2D eigenvalue weighted by Gasteiger charge is -2.40. The molecule has 2 aromatic rings. The minimum absolute atomic E-state index is 0.0622. The van der Waals surface area contributed by atoms with Gasteiger partial charge in [-0.05, 0) is 43.6 Å². The average molecular weight is 597 g/mol. The number of carbonyl (C=O) groups excluding carboxylic acids is 3. The van der Waals surface area contributed by atoms with Crippen molar-refractivity contribution in [1.29, 1.82) is 0 Å². The van der Waals surface area contributed by atoms with Crippen LogP contribution < -0.4 is 16.0 Å². The summed E-state index contributed by atoms with van der Waals surface area (Å²) < 4.78 is 10.7. The number of piperidine rings is 1. The second-order valence-electron chi connectivity index (χ2n) is 11.4. The van der Waals surface area contributed by atoms with Crippen LogP contribution in [0.1, 0.15) is 42.7 Å². The first-order valence-electron chi connectivity index (χ1n) is 14.7. The van der Waals surface area contributed by atoms with Crippen LogP contribution in [0.5, 0.6) is 0 Å². The summed E-state index contributed by atoms with van der Waals surface area (Å²) in [6.45, 7) is 2.99. The number of rotatable bonds is 7. The zero-order valence-electron chi connectivity index (χ0n) is 24.0. The smallest absolute Gasteiger partial charge is 0.243 e. The number of hydrogen-bond acceptors (Lipinski definition) is 9. The second kappa shape index (κ2) is 14.3. The van der Waals surface area contributed by atoms with Crippen LogP contribution in [-0.4, -0.2) is 84.9 Å². The predicted octanol–water partition coefficient (Wildman–Crippen LogP) is 2.30. The van der Waals surface area contributed by atoms with Crippen LogP contribution in [0.15, 0.2) is 42.5 Å². The molecule has 1 spiro atoms. The lowest BCUT2D eigenvalue weighted by Crippen LogP contribution is -2.58. The highest BCUT2D eigenvalue weighted by Gasteiger charge is 2.41. The SMILES string of the molecule is COCc1nnc(NC(=O)CN2CC[C@@H]3NC(=O)[C@H](Cc4ccccc4)NC(=O)C4(C/C=C/C[C@H]3C2)CCOCC4)s1. The largest absolute Gasteiger partial charge is 0.381 e. The average Bonchev–Trinajstić information content (AvgIpc) is 3.43. The third-order valence-corrected chi connectivity index (χ3v) is 9.26. The van der Waals surface area contributed by atoms with E-state index in [1.807, 2.05) is 30.3 Å². The van der Waals surface area contributed by atoms with Gasteiger partial charge in [-0.15, -0.1) is 10.2 Å². The Kier molecular flexibility index (Phi) is 10.3. The van der Waals surface area contributed by atoms with Gasteiger partial charge in [0.05, 0.1) is 12.0 Å². The Morgan fingerprint density at radius 3 is 2.76 bits per heavy atom. The molecule has 12 heteroatoms. The van der Waals surface area contributed by atoms with Crippen LogP contribution in [0.2, 0.25) is 0 Å². The predicted molar refractivity (Wildman–Crippen MR) is 159 cm³/mol. The van der Waals surface area contributed by atoms with Crippen molar-refractivity contribution >= 4 is 34.2 Å². The number of aromatic nitrogens is 2. The Morgan fingerprint density at radius 2 is 1.98 bits per heavy atom. The number of fused-ring (bicyclic) bond motifs is 1. The van der Waals surface area contributed by atoms with Crippen LogP contribution >= 0.6 is 11.3 Å². The number of ether oxygens (including phenoxy) is 2. The normalized spacial score (nSPS) is 25.8. The van der Waals surface area contributed by atoms with Gasteiger partial charge < -0.3 is 20.1 Å². The molecule has 5 rings (SSSR count). The van der Waals surface area contributed by atoms with Crippen LogP contribution in [0.25, 0.3) is 0 Å². The molecule has 42 heavy (non-hydrogen) atoms. The maximum Gasteiger partial charge on any atom is 0.243 e. The van der Waals surface area contributed by atoms with Gasteiger partial charge in [-0.3, -0.25) is 24.6 Å². The van der Waals surface area contributed by atoms with Crippen LogP contribution in [0, 0.1) is 11.3 Å². The Balaban J connectivity index is 1.29. The lowest BCUT2D eigenvalue weighted by atomic mass is 9.75. The molecule has 0 radical (unpaired) electrons. The number of anilines is 1. The molecule has 2 fully saturated rings. The van der Waals surface area contributed by atoms with E-state index in [1.54, 1.807) is 7.11 Å². The van der Waals surface area contributed by atoms with E-state index >= 15 is 0 Å². The highest BCUT2D eigenvalue weighted by atomic mass is 32.1. The van der Waals surface area contributed by atoms with Crippen molar-refractivity contribution in [3.05, 3.63) is 53.1 Å². The van der Waals surface area contributed by atoms with Crippen molar-refractivity contribution in [2.45, 2.75) is 57.2 Å². The Morgan fingerprint density at radius 1 is 1.17 bits per heavy atom. The quantitative estimate of drug-likeness (QED) is 0.415. The molecule has 4 heterocycles. The summed E-state index contributed by atoms with van der Waals surface area (Å²) in [7, 11) is 1.59. The van der Waals surface area contributed by atoms with Crippen LogP contribution in [0.3, 0.4) is 0 Å². The number of amides is 3. The molecule has 3 amide bonds. The summed E-state index contributed by atoms with van der Waals surface area (Å²) in [6.07, 6.45) is 7.99. The molecule has 0 saturated carbocycles. The summed E-state index contributed by atoms with van der Waals surface area (Å²) in [5.74, 6) is -0.259. The molecule has 1 aromatic heterocycles. The maximum atomic E-state index is 13.8. The second-order valence-corrected chi connectivity index (χ2v) is 12.5. The van der Waals surface area contributed by atoms with Crippen LogP contribution in [-0.2, 0) is 36.9 Å². The van der Waals surface area contributed by atoms with Gasteiger partial charge >= 0.3 is 0 Å². The van der Waals surface area contributed by atoms with Gasteiger partial charge in [-0.2, -0.15) is 0 Å². The standard InChI is InChI=1S/C30H40N6O5S/c1-40-20-26-34-35-29(42-26)33-25(37)19-36-14-10-23-22(18-36)9-5-6-11-30(12-15-41-16-13-30)28(39)32-24(27(38)31-23)17-21-7-3-2-4-8-21/h2-8,22-24H,9-20H2,1H3,(H,31,38)(H,32,39)(H,33,35,37)/b6-5+/t22-,23-,24-/m0/s1. The van der Waals surface area contributed by atoms with Crippen molar-refractivity contribution < 1.29 is 23.9 Å². The summed E-state index contributed by atoms with van der Waals surface area (Å²) >= 11 is 1.30. The molecule has 226 valence electrons. The molecule has 3 aliphatic heterocycles. The van der Waals surface area contributed by atoms with E-state index in [9.17, 15) is 14.4 Å². The van der Waals surface area contributed by atoms with Gasteiger partial charge in [0.1, 0.15) is 17.7 Å². The molecule has 3 aliphatic rings. The molecule has 1 aromatic carbocycles. The molecular weight excluding hydrogens is 556 g/mol. The third-order valence-electron chi connectivity index (χ3n) is 8.44. The number of nitrogens with zero attached hydrogens (tertiary/aromatic N) is 3. The summed E-state index contributed by atoms with van der Waals surface area (Å²) in [6, 6.07) is 9.05. The van der Waals surface area contributed by atoms with Gasteiger partial charge in [0, 0.05) is 45.9 Å². The van der Waals surface area contributed by atoms with E-state index in [1.165, 1.54) is 11.3 Å². The molecular formula is C30H40N6O5S. The van der Waals surface area contributed by atoms with Crippen molar-refractivity contribution in [3.8, 4) is 0 Å². The number of methoxy groups -OCH3 is 1. The van der Waals surface area contributed by atoms with Gasteiger partial charge in [-0.1, -0.05) is 53.8 Å². The minimum Gasteiger partial charge on any atom is -0.381 e. The molecule has 0 aliphatic carbocycles. The Hall–Kier alpha value is -3.19. The fraction of sp³-hybridized carbons (Fsp3) is 0.567. The first kappa shape index (κ1) is 30.3. The Bertz CT molecular complexity index is 1250. The fourth-order valence-electron chi connectivity index (χ4n) is 6.05. The zero-order valence-corrected chi connectivity index (χ0v) is 24.9. The molecule has 0 bridgehead atoms. The first-order chi connectivity index (χ1) is 20.4. The van der Waals surface area contributed by atoms with Crippen molar-refractivity contribution in [3.63, 3.8) is 0 Å². The minimum atomic E-state index is -0.678. The number of hydrogen-bond donors (Lipinski definition) is 3. The number of allylic oxidation sites excluding steroid dienone is 2.